The average Bonchev–Trinajstić information content (AvgIpc) is 2.27. The van der Waals surface area contributed by atoms with Crippen LogP contribution >= 0.6 is 0 Å². The van der Waals surface area contributed by atoms with E-state index >= 15 is 0 Å². The van der Waals surface area contributed by atoms with Crippen molar-refractivity contribution in [3.63, 3.8) is 0 Å². The predicted octanol–water partition coefficient (Wildman–Crippen LogP) is 0.479. The van der Waals surface area contributed by atoms with Gasteiger partial charge in [0.25, 0.3) is 0 Å². The van der Waals surface area contributed by atoms with Crippen molar-refractivity contribution < 1.29 is 9.59 Å². The number of benzene rings is 1. The van der Waals surface area contributed by atoms with Crippen molar-refractivity contribution in [1.82, 2.24) is 5.32 Å². The van der Waals surface area contributed by atoms with Crippen LogP contribution in [-0.4, -0.2) is 24.4 Å². The molecule has 0 aromatic heterocycles. The number of nitrogens with one attached hydrogen (secondary N) is 2. The number of amides is 2. The predicted molar refractivity (Wildman–Crippen MR) is 66.3 cm³/mol. The van der Waals surface area contributed by atoms with Gasteiger partial charge in [-0.25, -0.2) is 0 Å². The van der Waals surface area contributed by atoms with E-state index in [0.29, 0.717) is 5.69 Å². The van der Waals surface area contributed by atoms with E-state index < -0.39 is 0 Å². The molecule has 0 aliphatic rings. The lowest BCUT2D eigenvalue weighted by atomic mass is 10.2. The molecule has 0 bridgehead atoms. The maximum atomic E-state index is 11.4. The van der Waals surface area contributed by atoms with Gasteiger partial charge in [0.1, 0.15) is 0 Å². The van der Waals surface area contributed by atoms with Crippen LogP contribution in [0.5, 0.6) is 0 Å². The number of anilines is 1. The zero-order valence-electron chi connectivity index (χ0n) is 9.77. The number of rotatable bonds is 5. The molecule has 92 valence electrons. The Balaban J connectivity index is 2.29. The van der Waals surface area contributed by atoms with E-state index in [2.05, 4.69) is 10.6 Å². The number of para-hydroxylation sites is 1. The standard InChI is InChI=1S/C12H17N3O2/c1-9(13)7-11(16)14-8-12(17)15-10-5-3-2-4-6-10/h2-6,9H,7-8,13H2,1H3,(H,14,16)(H,15,17). The first-order chi connectivity index (χ1) is 8.08. The molecule has 0 fully saturated rings. The van der Waals surface area contributed by atoms with Gasteiger partial charge in [0.15, 0.2) is 0 Å². The Morgan fingerprint density at radius 3 is 2.47 bits per heavy atom. The van der Waals surface area contributed by atoms with Crippen molar-refractivity contribution in [2.24, 2.45) is 5.73 Å². The molecule has 1 aromatic rings. The van der Waals surface area contributed by atoms with E-state index in [1.165, 1.54) is 0 Å². The maximum absolute atomic E-state index is 11.4. The van der Waals surface area contributed by atoms with Crippen LogP contribution in [0.2, 0.25) is 0 Å². The van der Waals surface area contributed by atoms with Crippen LogP contribution in [0, 0.1) is 0 Å². The first-order valence-corrected chi connectivity index (χ1v) is 5.45. The lowest BCUT2D eigenvalue weighted by Crippen LogP contribution is -2.35. The summed E-state index contributed by atoms with van der Waals surface area (Å²) in [7, 11) is 0. The number of nitrogens with two attached hydrogens (primary N) is 1. The molecule has 17 heavy (non-hydrogen) atoms. The van der Waals surface area contributed by atoms with Crippen molar-refractivity contribution >= 4 is 17.5 Å². The molecule has 5 heteroatoms. The lowest BCUT2D eigenvalue weighted by molar-refractivity contribution is -0.124. The number of hydrogen-bond donors (Lipinski definition) is 3. The van der Waals surface area contributed by atoms with Crippen molar-refractivity contribution in [2.75, 3.05) is 11.9 Å². The van der Waals surface area contributed by atoms with E-state index in [1.54, 1.807) is 19.1 Å². The van der Waals surface area contributed by atoms with Crippen LogP contribution in [0.1, 0.15) is 13.3 Å². The molecule has 0 heterocycles. The summed E-state index contributed by atoms with van der Waals surface area (Å²) >= 11 is 0. The Morgan fingerprint density at radius 2 is 1.88 bits per heavy atom. The molecule has 2 amide bonds. The third kappa shape index (κ3) is 5.67. The second-order valence-corrected chi connectivity index (χ2v) is 3.87. The lowest BCUT2D eigenvalue weighted by Gasteiger charge is -2.08. The molecular formula is C12H17N3O2. The summed E-state index contributed by atoms with van der Waals surface area (Å²) < 4.78 is 0. The van der Waals surface area contributed by atoms with Gasteiger partial charge in [-0.1, -0.05) is 18.2 Å². The summed E-state index contributed by atoms with van der Waals surface area (Å²) in [6.07, 6.45) is 0.221. The summed E-state index contributed by atoms with van der Waals surface area (Å²) in [6.45, 7) is 1.70. The molecule has 1 atom stereocenters. The van der Waals surface area contributed by atoms with Gasteiger partial charge in [0.2, 0.25) is 11.8 Å². The Bertz CT molecular complexity index is 377. The molecule has 1 unspecified atom stereocenters. The minimum atomic E-state index is -0.255. The van der Waals surface area contributed by atoms with Gasteiger partial charge in [-0.3, -0.25) is 9.59 Å². The molecule has 0 radical (unpaired) electrons. The van der Waals surface area contributed by atoms with Crippen molar-refractivity contribution in [3.8, 4) is 0 Å². The van der Waals surface area contributed by atoms with Gasteiger partial charge in [-0.2, -0.15) is 0 Å². The fraction of sp³-hybridized carbons (Fsp3) is 0.333. The van der Waals surface area contributed by atoms with Gasteiger partial charge < -0.3 is 16.4 Å². The fourth-order valence-corrected chi connectivity index (χ4v) is 1.27. The zero-order valence-corrected chi connectivity index (χ0v) is 9.77. The molecule has 5 nitrogen and oxygen atoms in total. The summed E-state index contributed by atoms with van der Waals surface area (Å²) in [5, 5.41) is 5.17. The SMILES string of the molecule is CC(N)CC(=O)NCC(=O)Nc1ccccc1. The van der Waals surface area contributed by atoms with E-state index in [4.69, 9.17) is 5.73 Å². The van der Waals surface area contributed by atoms with Gasteiger partial charge in [0, 0.05) is 18.2 Å². The first kappa shape index (κ1) is 13.2. The monoisotopic (exact) mass is 235 g/mol. The van der Waals surface area contributed by atoms with Crippen LogP contribution in [0.4, 0.5) is 5.69 Å². The van der Waals surface area contributed by atoms with Gasteiger partial charge >= 0.3 is 0 Å². The van der Waals surface area contributed by atoms with Gasteiger partial charge in [-0.05, 0) is 19.1 Å². The largest absolute Gasteiger partial charge is 0.347 e. The fourth-order valence-electron chi connectivity index (χ4n) is 1.27. The minimum absolute atomic E-state index is 0.0412. The van der Waals surface area contributed by atoms with Crippen molar-refractivity contribution in [2.45, 2.75) is 19.4 Å². The Hall–Kier alpha value is -1.88. The van der Waals surface area contributed by atoms with Crippen molar-refractivity contribution in [1.29, 1.82) is 0 Å². The topological polar surface area (TPSA) is 84.2 Å². The van der Waals surface area contributed by atoms with E-state index in [0.717, 1.165) is 0 Å². The van der Waals surface area contributed by atoms with Crippen LogP contribution in [0.15, 0.2) is 30.3 Å². The molecule has 1 rings (SSSR count). The van der Waals surface area contributed by atoms with Crippen LogP contribution in [-0.2, 0) is 9.59 Å². The highest BCUT2D eigenvalue weighted by atomic mass is 16.2. The third-order valence-corrected chi connectivity index (χ3v) is 2.01. The second kappa shape index (κ2) is 6.65. The number of hydrogen-bond acceptors (Lipinski definition) is 3. The smallest absolute Gasteiger partial charge is 0.243 e. The Kier molecular flexibility index (Phi) is 5.16. The maximum Gasteiger partial charge on any atom is 0.243 e. The Labute approximate surface area is 100 Å². The molecule has 1 aromatic carbocycles. The molecule has 4 N–H and O–H groups in total. The number of carbonyl (C=O) groups is 2. The average molecular weight is 235 g/mol. The number of carbonyl (C=O) groups excluding carboxylic acids is 2. The zero-order chi connectivity index (χ0) is 12.7. The highest BCUT2D eigenvalue weighted by Crippen LogP contribution is 2.03. The molecular weight excluding hydrogens is 218 g/mol. The van der Waals surface area contributed by atoms with Crippen molar-refractivity contribution in [3.05, 3.63) is 30.3 Å². The Morgan fingerprint density at radius 1 is 1.24 bits per heavy atom. The molecule has 0 aliphatic heterocycles. The molecule has 0 spiro atoms. The van der Waals surface area contributed by atoms with Gasteiger partial charge in [0.05, 0.1) is 6.54 Å². The molecule has 0 aliphatic carbocycles. The van der Waals surface area contributed by atoms with Crippen LogP contribution in [0.3, 0.4) is 0 Å². The highest BCUT2D eigenvalue weighted by Gasteiger charge is 2.07. The minimum Gasteiger partial charge on any atom is -0.347 e. The normalized spacial score (nSPS) is 11.6. The van der Waals surface area contributed by atoms with E-state index in [-0.39, 0.29) is 30.8 Å². The molecule has 0 saturated carbocycles. The summed E-state index contributed by atoms with van der Waals surface area (Å²) in [4.78, 5) is 22.7. The first-order valence-electron chi connectivity index (χ1n) is 5.45. The molecule has 0 saturated heterocycles. The van der Waals surface area contributed by atoms with E-state index in [9.17, 15) is 9.59 Å². The second-order valence-electron chi connectivity index (χ2n) is 3.87. The summed E-state index contributed by atoms with van der Waals surface area (Å²) in [5.41, 5.74) is 6.17. The highest BCUT2D eigenvalue weighted by molar-refractivity contribution is 5.94. The van der Waals surface area contributed by atoms with Crippen LogP contribution < -0.4 is 16.4 Å². The van der Waals surface area contributed by atoms with Gasteiger partial charge in [-0.15, -0.1) is 0 Å². The van der Waals surface area contributed by atoms with Crippen LogP contribution in [0.25, 0.3) is 0 Å². The quantitative estimate of drug-likeness (QED) is 0.694. The third-order valence-electron chi connectivity index (χ3n) is 2.01. The van der Waals surface area contributed by atoms with E-state index in [1.807, 2.05) is 18.2 Å². The summed E-state index contributed by atoms with van der Waals surface area (Å²) in [5.74, 6) is -0.475. The summed E-state index contributed by atoms with van der Waals surface area (Å²) in [6, 6.07) is 8.87.